The van der Waals surface area contributed by atoms with Crippen LogP contribution in [-0.2, 0) is 4.74 Å². The lowest BCUT2D eigenvalue weighted by atomic mass is 9.92. The van der Waals surface area contributed by atoms with Gasteiger partial charge in [0.05, 0.1) is 18.8 Å². The molecule has 0 aliphatic carbocycles. The molecular weight excluding hydrogens is 238 g/mol. The number of morpholine rings is 1. The van der Waals surface area contributed by atoms with E-state index in [-0.39, 0.29) is 6.10 Å². The Labute approximate surface area is 118 Å². The van der Waals surface area contributed by atoms with Crippen LogP contribution in [0.4, 0.5) is 0 Å². The summed E-state index contributed by atoms with van der Waals surface area (Å²) >= 11 is 0. The average molecular weight is 267 g/mol. The fourth-order valence-corrected chi connectivity index (χ4v) is 3.03. The summed E-state index contributed by atoms with van der Waals surface area (Å²) in [6.45, 7) is 14.4. The number of nitrogens with zero attached hydrogens (tertiary/aromatic N) is 2. The van der Waals surface area contributed by atoms with Crippen LogP contribution < -0.4 is 5.32 Å². The summed E-state index contributed by atoms with van der Waals surface area (Å²) in [7, 11) is 0. The smallest absolute Gasteiger partial charge is 0.105 e. The molecule has 1 fully saturated rings. The molecule has 0 amide bonds. The molecule has 4 nitrogen and oxygen atoms in total. The highest BCUT2D eigenvalue weighted by Gasteiger charge is 2.33. The molecule has 1 aliphatic rings. The normalized spacial score (nSPS) is 29.8. The molecule has 4 heteroatoms. The van der Waals surface area contributed by atoms with Crippen molar-refractivity contribution in [3.63, 3.8) is 0 Å². The highest BCUT2D eigenvalue weighted by Crippen LogP contribution is 2.21. The minimum Gasteiger partial charge on any atom is -0.376 e. The summed E-state index contributed by atoms with van der Waals surface area (Å²) in [6.07, 6.45) is 1.11. The second-order valence-electron chi connectivity index (χ2n) is 6.49. The molecule has 1 heterocycles. The van der Waals surface area contributed by atoms with Crippen LogP contribution in [0.2, 0.25) is 0 Å². The Morgan fingerprint density at radius 2 is 2.05 bits per heavy atom. The quantitative estimate of drug-likeness (QED) is 0.829. The Kier molecular flexibility index (Phi) is 5.79. The first-order valence-corrected chi connectivity index (χ1v) is 7.33. The van der Waals surface area contributed by atoms with E-state index in [1.807, 2.05) is 6.92 Å². The molecule has 1 aliphatic heterocycles. The maximum Gasteiger partial charge on any atom is 0.105 e. The van der Waals surface area contributed by atoms with E-state index in [4.69, 9.17) is 4.74 Å². The summed E-state index contributed by atoms with van der Waals surface area (Å²) in [5.74, 6) is 0. The molecule has 0 spiro atoms. The van der Waals surface area contributed by atoms with Crippen LogP contribution in [0.1, 0.15) is 48.0 Å². The van der Waals surface area contributed by atoms with Gasteiger partial charge in [0.15, 0.2) is 0 Å². The Hall–Kier alpha value is -0.630. The van der Waals surface area contributed by atoms with Crippen molar-refractivity contribution in [1.29, 1.82) is 5.26 Å². The molecule has 19 heavy (non-hydrogen) atoms. The molecule has 1 rings (SSSR count). The van der Waals surface area contributed by atoms with Gasteiger partial charge in [-0.15, -0.1) is 0 Å². The van der Waals surface area contributed by atoms with Gasteiger partial charge in [0.25, 0.3) is 0 Å². The van der Waals surface area contributed by atoms with Gasteiger partial charge in [0.2, 0.25) is 0 Å². The van der Waals surface area contributed by atoms with Gasteiger partial charge in [-0.25, -0.2) is 0 Å². The van der Waals surface area contributed by atoms with Gasteiger partial charge in [0.1, 0.15) is 5.54 Å². The Morgan fingerprint density at radius 3 is 2.58 bits per heavy atom. The summed E-state index contributed by atoms with van der Waals surface area (Å²) in [5.41, 5.74) is -0.463. The van der Waals surface area contributed by atoms with Crippen LogP contribution in [-0.4, -0.2) is 47.8 Å². The molecule has 4 atom stereocenters. The zero-order valence-corrected chi connectivity index (χ0v) is 13.2. The van der Waals surface area contributed by atoms with E-state index in [9.17, 15) is 5.26 Å². The molecule has 0 radical (unpaired) electrons. The molecule has 0 aromatic rings. The second kappa shape index (κ2) is 6.69. The number of hydrogen-bond acceptors (Lipinski definition) is 4. The summed E-state index contributed by atoms with van der Waals surface area (Å²) in [5, 5.41) is 12.8. The van der Waals surface area contributed by atoms with Crippen molar-refractivity contribution in [2.45, 2.75) is 77.7 Å². The third-order valence-electron chi connectivity index (χ3n) is 3.78. The minimum absolute atomic E-state index is 0.282. The minimum atomic E-state index is -0.463. The molecule has 0 bridgehead atoms. The number of ether oxygens (including phenoxy) is 1. The van der Waals surface area contributed by atoms with E-state index in [0.29, 0.717) is 18.1 Å². The van der Waals surface area contributed by atoms with E-state index < -0.39 is 5.54 Å². The average Bonchev–Trinajstić information content (AvgIpc) is 2.31. The molecule has 1 N–H and O–H groups in total. The largest absolute Gasteiger partial charge is 0.376 e. The highest BCUT2D eigenvalue weighted by molar-refractivity contribution is 5.06. The van der Waals surface area contributed by atoms with Crippen LogP contribution in [0.3, 0.4) is 0 Å². The number of nitrogens with one attached hydrogen (secondary N) is 1. The zero-order valence-electron chi connectivity index (χ0n) is 13.2. The zero-order chi connectivity index (χ0) is 14.6. The molecule has 110 valence electrons. The van der Waals surface area contributed by atoms with Crippen molar-refractivity contribution in [1.82, 2.24) is 10.2 Å². The van der Waals surface area contributed by atoms with Crippen molar-refractivity contribution < 1.29 is 4.74 Å². The van der Waals surface area contributed by atoms with Gasteiger partial charge in [-0.1, -0.05) is 0 Å². The van der Waals surface area contributed by atoms with Crippen molar-refractivity contribution in [3.05, 3.63) is 0 Å². The van der Waals surface area contributed by atoms with Crippen molar-refractivity contribution >= 4 is 0 Å². The van der Waals surface area contributed by atoms with Crippen LogP contribution in [0.15, 0.2) is 0 Å². The molecule has 1 saturated heterocycles. The van der Waals surface area contributed by atoms with Crippen molar-refractivity contribution in [2.24, 2.45) is 0 Å². The first-order chi connectivity index (χ1) is 8.77. The topological polar surface area (TPSA) is 48.3 Å². The SMILES string of the molecule is CC(C)NC(C)(C#N)CC(C)N1CC(C)OCC1C. The Balaban J connectivity index is 2.66. The van der Waals surface area contributed by atoms with E-state index >= 15 is 0 Å². The van der Waals surface area contributed by atoms with E-state index in [0.717, 1.165) is 19.6 Å². The van der Waals surface area contributed by atoms with E-state index in [1.165, 1.54) is 0 Å². The lowest BCUT2D eigenvalue weighted by molar-refractivity contribution is -0.0665. The van der Waals surface area contributed by atoms with Crippen molar-refractivity contribution in [3.8, 4) is 6.07 Å². The van der Waals surface area contributed by atoms with Gasteiger partial charge < -0.3 is 4.74 Å². The lowest BCUT2D eigenvalue weighted by Crippen LogP contribution is -2.55. The van der Waals surface area contributed by atoms with Gasteiger partial charge >= 0.3 is 0 Å². The summed E-state index contributed by atoms with van der Waals surface area (Å²) in [4.78, 5) is 2.46. The fourth-order valence-electron chi connectivity index (χ4n) is 3.03. The molecular formula is C15H29N3O. The van der Waals surface area contributed by atoms with Gasteiger partial charge in [-0.3, -0.25) is 10.2 Å². The molecule has 0 saturated carbocycles. The molecule has 0 aromatic carbocycles. The standard InChI is InChI=1S/C15H29N3O/c1-11(2)17-15(6,10-16)7-12(3)18-8-14(5)19-9-13(18)4/h11-14,17H,7-9H2,1-6H3. The summed E-state index contributed by atoms with van der Waals surface area (Å²) in [6, 6.07) is 3.55. The first kappa shape index (κ1) is 16.4. The summed E-state index contributed by atoms with van der Waals surface area (Å²) < 4.78 is 5.67. The first-order valence-electron chi connectivity index (χ1n) is 7.33. The van der Waals surface area contributed by atoms with E-state index in [1.54, 1.807) is 0 Å². The second-order valence-corrected chi connectivity index (χ2v) is 6.49. The van der Waals surface area contributed by atoms with Crippen LogP contribution in [0.5, 0.6) is 0 Å². The predicted molar refractivity (Wildman–Crippen MR) is 78.0 cm³/mol. The van der Waals surface area contributed by atoms with Crippen LogP contribution in [0.25, 0.3) is 0 Å². The Bertz CT molecular complexity index is 326. The van der Waals surface area contributed by atoms with Crippen molar-refractivity contribution in [2.75, 3.05) is 13.2 Å². The van der Waals surface area contributed by atoms with Gasteiger partial charge in [0, 0.05) is 24.7 Å². The number of nitriles is 1. The maximum atomic E-state index is 9.44. The molecule has 4 unspecified atom stereocenters. The lowest BCUT2D eigenvalue weighted by Gasteiger charge is -2.42. The monoisotopic (exact) mass is 267 g/mol. The third-order valence-corrected chi connectivity index (χ3v) is 3.78. The van der Waals surface area contributed by atoms with Crippen LogP contribution in [0, 0.1) is 11.3 Å². The fraction of sp³-hybridized carbons (Fsp3) is 0.933. The number of rotatable bonds is 5. The van der Waals surface area contributed by atoms with Gasteiger partial charge in [-0.2, -0.15) is 5.26 Å². The third kappa shape index (κ3) is 4.76. The van der Waals surface area contributed by atoms with Gasteiger partial charge in [-0.05, 0) is 48.0 Å². The molecule has 0 aromatic heterocycles. The Morgan fingerprint density at radius 1 is 1.42 bits per heavy atom. The maximum absolute atomic E-state index is 9.44. The number of hydrogen-bond donors (Lipinski definition) is 1. The van der Waals surface area contributed by atoms with E-state index in [2.05, 4.69) is 50.9 Å². The highest BCUT2D eigenvalue weighted by atomic mass is 16.5. The van der Waals surface area contributed by atoms with Crippen LogP contribution >= 0.6 is 0 Å². The predicted octanol–water partition coefficient (Wildman–Crippen LogP) is 2.15.